The van der Waals surface area contributed by atoms with Crippen LogP contribution < -0.4 is 4.74 Å². The lowest BCUT2D eigenvalue weighted by Crippen LogP contribution is -2.19. The van der Waals surface area contributed by atoms with Crippen LogP contribution in [0.3, 0.4) is 0 Å². The topological polar surface area (TPSA) is 41.8 Å². The minimum absolute atomic E-state index is 0.254. The number of hydrogen-bond acceptors (Lipinski definition) is 3. The first kappa shape index (κ1) is 10.4. The summed E-state index contributed by atoms with van der Waals surface area (Å²) in [6, 6.07) is 13.2. The molecule has 0 amide bonds. The largest absolute Gasteiger partial charge is 0.507 e. The van der Waals surface area contributed by atoms with Gasteiger partial charge >= 0.3 is 0 Å². The van der Waals surface area contributed by atoms with Crippen LogP contribution in [0.4, 0.5) is 5.69 Å². The second-order valence-electron chi connectivity index (χ2n) is 4.61. The van der Waals surface area contributed by atoms with E-state index in [2.05, 4.69) is 4.99 Å². The molecule has 4 rings (SSSR count). The Morgan fingerprint density at radius 3 is 2.89 bits per heavy atom. The smallest absolute Gasteiger partial charge is 0.153 e. The van der Waals surface area contributed by atoms with E-state index >= 15 is 0 Å². The van der Waals surface area contributed by atoms with E-state index in [1.165, 1.54) is 0 Å². The molecule has 0 aromatic heterocycles. The summed E-state index contributed by atoms with van der Waals surface area (Å²) in [4.78, 5) is 4.63. The average molecular weight is 249 g/mol. The van der Waals surface area contributed by atoms with Crippen molar-refractivity contribution in [2.45, 2.75) is 6.42 Å². The SMILES string of the molecule is Oc1cccc2c1C1=Nc3ccccc3OC1=CC2. The van der Waals surface area contributed by atoms with Crippen LogP contribution in [0.2, 0.25) is 0 Å². The molecule has 3 nitrogen and oxygen atoms in total. The van der Waals surface area contributed by atoms with Crippen molar-refractivity contribution in [2.75, 3.05) is 0 Å². The lowest BCUT2D eigenvalue weighted by atomic mass is 9.92. The molecule has 0 bridgehead atoms. The van der Waals surface area contributed by atoms with E-state index in [-0.39, 0.29) is 5.75 Å². The van der Waals surface area contributed by atoms with Crippen LogP contribution in [-0.2, 0) is 6.42 Å². The normalized spacial score (nSPS) is 15.4. The molecule has 3 heteroatoms. The summed E-state index contributed by atoms with van der Waals surface area (Å²) in [6.45, 7) is 0. The predicted molar refractivity (Wildman–Crippen MR) is 73.2 cm³/mol. The van der Waals surface area contributed by atoms with Crippen molar-refractivity contribution < 1.29 is 9.84 Å². The van der Waals surface area contributed by atoms with Crippen molar-refractivity contribution in [1.82, 2.24) is 0 Å². The van der Waals surface area contributed by atoms with Crippen LogP contribution in [0, 0.1) is 0 Å². The summed E-state index contributed by atoms with van der Waals surface area (Å²) in [5, 5.41) is 10.1. The molecule has 19 heavy (non-hydrogen) atoms. The van der Waals surface area contributed by atoms with Gasteiger partial charge in [-0.1, -0.05) is 24.3 Å². The van der Waals surface area contributed by atoms with Gasteiger partial charge in [-0.15, -0.1) is 0 Å². The second-order valence-corrected chi connectivity index (χ2v) is 4.61. The number of rotatable bonds is 0. The third kappa shape index (κ3) is 1.48. The van der Waals surface area contributed by atoms with E-state index in [1.807, 2.05) is 42.5 Å². The van der Waals surface area contributed by atoms with Crippen LogP contribution in [0.25, 0.3) is 0 Å². The maximum absolute atomic E-state index is 10.1. The van der Waals surface area contributed by atoms with E-state index in [0.717, 1.165) is 40.5 Å². The first-order valence-corrected chi connectivity index (χ1v) is 6.20. The number of fused-ring (bicyclic) bond motifs is 4. The summed E-state index contributed by atoms with van der Waals surface area (Å²) in [7, 11) is 0. The number of hydrogen-bond donors (Lipinski definition) is 1. The van der Waals surface area contributed by atoms with E-state index in [9.17, 15) is 5.11 Å². The first-order valence-electron chi connectivity index (χ1n) is 6.20. The quantitative estimate of drug-likeness (QED) is 0.778. The van der Waals surface area contributed by atoms with E-state index in [4.69, 9.17) is 4.74 Å². The van der Waals surface area contributed by atoms with Gasteiger partial charge in [0.2, 0.25) is 0 Å². The zero-order valence-corrected chi connectivity index (χ0v) is 10.1. The van der Waals surface area contributed by atoms with Gasteiger partial charge in [-0.25, -0.2) is 4.99 Å². The molecule has 0 radical (unpaired) electrons. The maximum atomic E-state index is 10.1. The van der Waals surface area contributed by atoms with Gasteiger partial charge in [0.15, 0.2) is 5.75 Å². The number of phenolic OH excluding ortho intramolecular Hbond substituents is 1. The van der Waals surface area contributed by atoms with Gasteiger partial charge in [0.25, 0.3) is 0 Å². The Bertz CT molecular complexity index is 744. The van der Waals surface area contributed by atoms with Gasteiger partial charge < -0.3 is 9.84 Å². The number of benzene rings is 2. The van der Waals surface area contributed by atoms with E-state index in [1.54, 1.807) is 6.07 Å². The standard InChI is InChI=1S/C16H11NO2/c18-12-6-3-4-10-8-9-14-16(15(10)12)17-11-5-1-2-7-13(11)19-14/h1-7,9,18H,8H2. The molecule has 1 aliphatic heterocycles. The van der Waals surface area contributed by atoms with Crippen LogP contribution >= 0.6 is 0 Å². The van der Waals surface area contributed by atoms with Crippen molar-refractivity contribution >= 4 is 11.4 Å². The van der Waals surface area contributed by atoms with Crippen LogP contribution in [0.1, 0.15) is 11.1 Å². The van der Waals surface area contributed by atoms with Gasteiger partial charge in [-0.3, -0.25) is 0 Å². The highest BCUT2D eigenvalue weighted by Gasteiger charge is 2.27. The molecule has 0 unspecified atom stereocenters. The molecule has 0 saturated heterocycles. The molecule has 0 saturated carbocycles. The van der Waals surface area contributed by atoms with Gasteiger partial charge in [-0.05, 0) is 36.3 Å². The predicted octanol–water partition coefficient (Wildman–Crippen LogP) is 3.35. The molecule has 0 fully saturated rings. The molecule has 1 aliphatic carbocycles. The molecule has 2 aromatic carbocycles. The Hall–Kier alpha value is -2.55. The number of phenols is 1. The lowest BCUT2D eigenvalue weighted by Gasteiger charge is -2.24. The van der Waals surface area contributed by atoms with Gasteiger partial charge in [0.1, 0.15) is 22.9 Å². The summed E-state index contributed by atoms with van der Waals surface area (Å²) in [5.74, 6) is 1.74. The van der Waals surface area contributed by atoms with Crippen molar-refractivity contribution in [3.63, 3.8) is 0 Å². The van der Waals surface area contributed by atoms with Gasteiger partial charge in [0, 0.05) is 5.56 Å². The molecule has 0 atom stereocenters. The van der Waals surface area contributed by atoms with E-state index in [0.29, 0.717) is 0 Å². The molecule has 2 aliphatic rings. The molecule has 1 heterocycles. The highest BCUT2D eigenvalue weighted by atomic mass is 16.5. The zero-order chi connectivity index (χ0) is 12.8. The average Bonchev–Trinajstić information content (AvgIpc) is 2.45. The summed E-state index contributed by atoms with van der Waals surface area (Å²) in [6.07, 6.45) is 2.76. The number of aliphatic imine (C=N–C) groups is 1. The number of para-hydroxylation sites is 2. The molecule has 92 valence electrons. The van der Waals surface area contributed by atoms with Crippen molar-refractivity contribution in [1.29, 1.82) is 0 Å². The summed E-state index contributed by atoms with van der Waals surface area (Å²) >= 11 is 0. The number of aromatic hydroxyl groups is 1. The monoisotopic (exact) mass is 249 g/mol. The number of ether oxygens (including phenoxy) is 1. The van der Waals surface area contributed by atoms with Crippen molar-refractivity contribution in [3.8, 4) is 11.5 Å². The number of nitrogens with zero attached hydrogens (tertiary/aromatic N) is 1. The summed E-state index contributed by atoms with van der Waals surface area (Å²) < 4.78 is 5.87. The molecule has 1 N–H and O–H groups in total. The zero-order valence-electron chi connectivity index (χ0n) is 10.1. The van der Waals surface area contributed by atoms with Crippen LogP contribution in [0.5, 0.6) is 11.5 Å². The molecular formula is C16H11NO2. The second kappa shape index (κ2) is 3.72. The minimum Gasteiger partial charge on any atom is -0.507 e. The third-order valence-electron chi connectivity index (χ3n) is 3.42. The molecule has 2 aromatic rings. The van der Waals surface area contributed by atoms with Crippen LogP contribution in [0.15, 0.2) is 59.3 Å². The maximum Gasteiger partial charge on any atom is 0.153 e. The van der Waals surface area contributed by atoms with E-state index < -0.39 is 0 Å². The first-order chi connectivity index (χ1) is 9.33. The fourth-order valence-electron chi connectivity index (χ4n) is 2.53. The van der Waals surface area contributed by atoms with Gasteiger partial charge in [-0.2, -0.15) is 0 Å². The Labute approximate surface area is 110 Å². The summed E-state index contributed by atoms with van der Waals surface area (Å²) in [5.41, 5.74) is 3.38. The Balaban J connectivity index is 1.98. The highest BCUT2D eigenvalue weighted by molar-refractivity contribution is 6.17. The fraction of sp³-hybridized carbons (Fsp3) is 0.0625. The third-order valence-corrected chi connectivity index (χ3v) is 3.42. The molecule has 0 spiro atoms. The van der Waals surface area contributed by atoms with Crippen molar-refractivity contribution in [2.24, 2.45) is 4.99 Å². The van der Waals surface area contributed by atoms with Gasteiger partial charge in [0.05, 0.1) is 0 Å². The van der Waals surface area contributed by atoms with Crippen molar-refractivity contribution in [3.05, 3.63) is 65.4 Å². The fourth-order valence-corrected chi connectivity index (χ4v) is 2.53. The molecular weight excluding hydrogens is 238 g/mol. The Morgan fingerprint density at radius 2 is 1.95 bits per heavy atom. The Kier molecular flexibility index (Phi) is 2.03. The number of allylic oxidation sites excluding steroid dienone is 2. The lowest BCUT2D eigenvalue weighted by molar-refractivity contribution is 0.443. The highest BCUT2D eigenvalue weighted by Crippen LogP contribution is 2.39. The Morgan fingerprint density at radius 1 is 1.05 bits per heavy atom. The minimum atomic E-state index is 0.254. The van der Waals surface area contributed by atoms with Crippen LogP contribution in [-0.4, -0.2) is 10.8 Å².